The van der Waals surface area contributed by atoms with E-state index in [9.17, 15) is 9.59 Å². The molecule has 1 aromatic rings. The second-order valence-electron chi connectivity index (χ2n) is 4.72. The lowest BCUT2D eigenvalue weighted by molar-refractivity contribution is -0.139. The Hall–Kier alpha value is -1.89. The predicted molar refractivity (Wildman–Crippen MR) is 65.6 cm³/mol. The molecule has 0 bridgehead atoms. The number of aliphatic carboxylic acids is 1. The topological polar surface area (TPSA) is 102 Å². The van der Waals surface area contributed by atoms with Crippen molar-refractivity contribution >= 4 is 11.9 Å². The van der Waals surface area contributed by atoms with Gasteiger partial charge < -0.3 is 19.7 Å². The van der Waals surface area contributed by atoms with Crippen LogP contribution in [0.2, 0.25) is 0 Å². The van der Waals surface area contributed by atoms with E-state index in [0.29, 0.717) is 11.5 Å². The molecule has 19 heavy (non-hydrogen) atoms. The van der Waals surface area contributed by atoms with E-state index in [4.69, 9.17) is 14.4 Å². The number of amides is 1. The van der Waals surface area contributed by atoms with Crippen molar-refractivity contribution in [3.63, 3.8) is 0 Å². The van der Waals surface area contributed by atoms with Gasteiger partial charge in [0.25, 0.3) is 0 Å². The Bertz CT molecular complexity index is 457. The zero-order valence-electron chi connectivity index (χ0n) is 11.2. The van der Waals surface area contributed by atoms with Gasteiger partial charge in [0, 0.05) is 13.2 Å². The number of nitrogens with one attached hydrogen (secondary N) is 1. The lowest BCUT2D eigenvalue weighted by atomic mass is 9.98. The lowest BCUT2D eigenvalue weighted by Crippen LogP contribution is -2.51. The Morgan fingerprint density at radius 1 is 1.58 bits per heavy atom. The normalized spacial score (nSPS) is 13.8. The van der Waals surface area contributed by atoms with Crippen molar-refractivity contribution in [2.45, 2.75) is 32.2 Å². The maximum atomic E-state index is 11.9. The van der Waals surface area contributed by atoms with Crippen LogP contribution < -0.4 is 5.32 Å². The summed E-state index contributed by atoms with van der Waals surface area (Å²) in [6.07, 6.45) is -0.180. The van der Waals surface area contributed by atoms with Crippen LogP contribution in [0.1, 0.15) is 24.8 Å². The van der Waals surface area contributed by atoms with E-state index in [-0.39, 0.29) is 25.4 Å². The summed E-state index contributed by atoms with van der Waals surface area (Å²) in [6, 6.07) is 1.66. The zero-order chi connectivity index (χ0) is 14.5. The number of hydrogen-bond acceptors (Lipinski definition) is 5. The molecule has 0 spiro atoms. The molecule has 0 aliphatic rings. The third-order valence-corrected chi connectivity index (χ3v) is 2.46. The van der Waals surface area contributed by atoms with Gasteiger partial charge >= 0.3 is 5.97 Å². The Morgan fingerprint density at radius 2 is 2.26 bits per heavy atom. The summed E-state index contributed by atoms with van der Waals surface area (Å²) < 4.78 is 9.81. The maximum Gasteiger partial charge on any atom is 0.305 e. The Morgan fingerprint density at radius 3 is 2.74 bits per heavy atom. The van der Waals surface area contributed by atoms with Crippen LogP contribution in [0, 0.1) is 6.92 Å². The first-order chi connectivity index (χ1) is 8.84. The maximum absolute atomic E-state index is 11.9. The van der Waals surface area contributed by atoms with Crippen molar-refractivity contribution < 1.29 is 24.0 Å². The standard InChI is InChI=1S/C12H18N2O5/c1-8-4-9(14-19-8)5-10(15)13-12(2,7-18-3)6-11(16)17/h4H,5-7H2,1-3H3,(H,13,15)(H,16,17). The molecule has 0 saturated heterocycles. The van der Waals surface area contributed by atoms with Crippen molar-refractivity contribution in [3.8, 4) is 0 Å². The van der Waals surface area contributed by atoms with Crippen molar-refractivity contribution in [2.75, 3.05) is 13.7 Å². The summed E-state index contributed by atoms with van der Waals surface area (Å²) in [6.45, 7) is 3.47. The van der Waals surface area contributed by atoms with Crippen LogP contribution in [0.3, 0.4) is 0 Å². The van der Waals surface area contributed by atoms with Gasteiger partial charge in [-0.1, -0.05) is 5.16 Å². The van der Waals surface area contributed by atoms with Crippen molar-refractivity contribution in [1.82, 2.24) is 10.5 Å². The molecule has 106 valence electrons. The average molecular weight is 270 g/mol. The molecule has 0 fully saturated rings. The summed E-state index contributed by atoms with van der Waals surface area (Å²) in [4.78, 5) is 22.7. The number of carbonyl (C=O) groups excluding carboxylic acids is 1. The van der Waals surface area contributed by atoms with E-state index in [0.717, 1.165) is 0 Å². The minimum atomic E-state index is -1.00. The molecule has 2 N–H and O–H groups in total. The van der Waals surface area contributed by atoms with E-state index < -0.39 is 11.5 Å². The molecule has 7 nitrogen and oxygen atoms in total. The molecular weight excluding hydrogens is 252 g/mol. The monoisotopic (exact) mass is 270 g/mol. The molecule has 0 radical (unpaired) electrons. The third kappa shape index (κ3) is 5.09. The number of hydrogen-bond donors (Lipinski definition) is 2. The van der Waals surface area contributed by atoms with E-state index in [1.165, 1.54) is 7.11 Å². The largest absolute Gasteiger partial charge is 0.481 e. The van der Waals surface area contributed by atoms with Gasteiger partial charge in [0.15, 0.2) is 0 Å². The highest BCUT2D eigenvalue weighted by Crippen LogP contribution is 2.11. The van der Waals surface area contributed by atoms with Crippen molar-refractivity contribution in [2.24, 2.45) is 0 Å². The second-order valence-corrected chi connectivity index (χ2v) is 4.72. The lowest BCUT2D eigenvalue weighted by Gasteiger charge is -2.28. The van der Waals surface area contributed by atoms with Crippen LogP contribution in [-0.4, -0.2) is 41.4 Å². The van der Waals surface area contributed by atoms with Crippen molar-refractivity contribution in [3.05, 3.63) is 17.5 Å². The third-order valence-electron chi connectivity index (χ3n) is 2.46. The molecule has 1 rings (SSSR count). The van der Waals surface area contributed by atoms with Crippen LogP contribution in [0.4, 0.5) is 0 Å². The first kappa shape index (κ1) is 15.2. The fourth-order valence-corrected chi connectivity index (χ4v) is 1.83. The summed E-state index contributed by atoms with van der Waals surface area (Å²) in [5.74, 6) is -0.709. The van der Waals surface area contributed by atoms with Gasteiger partial charge in [-0.15, -0.1) is 0 Å². The fourth-order valence-electron chi connectivity index (χ4n) is 1.83. The van der Waals surface area contributed by atoms with Gasteiger partial charge in [0.1, 0.15) is 5.76 Å². The van der Waals surface area contributed by atoms with Crippen LogP contribution in [0.5, 0.6) is 0 Å². The molecule has 0 aromatic carbocycles. The smallest absolute Gasteiger partial charge is 0.305 e. The number of carboxylic acids is 1. The molecule has 0 saturated carbocycles. The number of methoxy groups -OCH3 is 1. The minimum absolute atomic E-state index is 0.0380. The van der Waals surface area contributed by atoms with Crippen LogP contribution in [0.15, 0.2) is 10.6 Å². The number of rotatable bonds is 7. The molecule has 1 atom stereocenters. The van der Waals surface area contributed by atoms with E-state index in [2.05, 4.69) is 10.5 Å². The highest BCUT2D eigenvalue weighted by molar-refractivity contribution is 5.80. The Labute approximate surface area is 110 Å². The van der Waals surface area contributed by atoms with Crippen LogP contribution >= 0.6 is 0 Å². The highest BCUT2D eigenvalue weighted by Gasteiger charge is 2.29. The Kier molecular flexibility index (Phi) is 5.05. The molecule has 1 amide bonds. The van der Waals surface area contributed by atoms with E-state index >= 15 is 0 Å². The fraction of sp³-hybridized carbons (Fsp3) is 0.583. The average Bonchev–Trinajstić information content (AvgIpc) is 2.61. The molecule has 0 aliphatic carbocycles. The van der Waals surface area contributed by atoms with Gasteiger partial charge in [0.2, 0.25) is 5.91 Å². The summed E-state index contributed by atoms with van der Waals surface area (Å²) >= 11 is 0. The van der Waals surface area contributed by atoms with Gasteiger partial charge in [0.05, 0.1) is 30.7 Å². The SMILES string of the molecule is COCC(C)(CC(=O)O)NC(=O)Cc1cc(C)on1. The number of nitrogens with zero attached hydrogens (tertiary/aromatic N) is 1. The quantitative estimate of drug-likeness (QED) is 0.749. The molecule has 1 unspecified atom stereocenters. The van der Waals surface area contributed by atoms with Crippen LogP contribution in [0.25, 0.3) is 0 Å². The minimum Gasteiger partial charge on any atom is -0.481 e. The van der Waals surface area contributed by atoms with Gasteiger partial charge in [-0.3, -0.25) is 9.59 Å². The van der Waals surface area contributed by atoms with Crippen molar-refractivity contribution in [1.29, 1.82) is 0 Å². The number of aromatic nitrogens is 1. The van der Waals surface area contributed by atoms with Gasteiger partial charge in [-0.2, -0.15) is 0 Å². The Balaban J connectivity index is 2.63. The number of aryl methyl sites for hydroxylation is 1. The number of carboxylic acid groups (broad SMARTS) is 1. The van der Waals surface area contributed by atoms with E-state index in [1.807, 2.05) is 0 Å². The van der Waals surface area contributed by atoms with Gasteiger partial charge in [-0.05, 0) is 13.8 Å². The second kappa shape index (κ2) is 6.33. The first-order valence-corrected chi connectivity index (χ1v) is 5.78. The van der Waals surface area contributed by atoms with E-state index in [1.54, 1.807) is 19.9 Å². The zero-order valence-corrected chi connectivity index (χ0v) is 11.2. The predicted octanol–water partition coefficient (Wildman–Crippen LogP) is 0.522. The molecule has 1 aromatic heterocycles. The summed E-state index contributed by atoms with van der Waals surface area (Å²) in [5, 5.41) is 15.2. The summed E-state index contributed by atoms with van der Waals surface area (Å²) in [5.41, 5.74) is -0.443. The molecule has 7 heteroatoms. The highest BCUT2D eigenvalue weighted by atomic mass is 16.5. The first-order valence-electron chi connectivity index (χ1n) is 5.78. The molecule has 0 aliphatic heterocycles. The summed E-state index contributed by atoms with van der Waals surface area (Å²) in [7, 11) is 1.45. The number of carbonyl (C=O) groups is 2. The van der Waals surface area contributed by atoms with Crippen LogP contribution in [-0.2, 0) is 20.7 Å². The molecule has 1 heterocycles. The number of ether oxygens (including phenoxy) is 1. The molecular formula is C12H18N2O5. The van der Waals surface area contributed by atoms with Gasteiger partial charge in [-0.25, -0.2) is 0 Å².